The van der Waals surface area contributed by atoms with Gasteiger partial charge in [-0.25, -0.2) is 0 Å². The molecule has 1 fully saturated rings. The second-order valence-corrected chi connectivity index (χ2v) is 4.95. The zero-order chi connectivity index (χ0) is 13.0. The monoisotopic (exact) mass is 248 g/mol. The number of anilines is 1. The molecule has 0 radical (unpaired) electrons. The molecule has 1 amide bonds. The molecule has 1 aromatic rings. The van der Waals surface area contributed by atoms with Crippen LogP contribution in [0.4, 0.5) is 5.69 Å². The summed E-state index contributed by atoms with van der Waals surface area (Å²) >= 11 is 0. The molecule has 18 heavy (non-hydrogen) atoms. The van der Waals surface area contributed by atoms with E-state index in [1.807, 2.05) is 24.3 Å². The molecule has 1 heterocycles. The Morgan fingerprint density at radius 2 is 2.17 bits per heavy atom. The first-order chi connectivity index (χ1) is 8.67. The Hall–Kier alpha value is -1.39. The predicted molar refractivity (Wildman–Crippen MR) is 71.2 cm³/mol. The Bertz CT molecular complexity index is 403. The van der Waals surface area contributed by atoms with E-state index in [0.29, 0.717) is 5.92 Å². The molecule has 2 N–H and O–H groups in total. The number of likely N-dealkylation sites (tertiary alicyclic amines) is 1. The lowest BCUT2D eigenvalue weighted by Crippen LogP contribution is -2.20. The minimum atomic E-state index is -0.0481. The van der Waals surface area contributed by atoms with Crippen molar-refractivity contribution in [2.75, 3.05) is 25.0 Å². The van der Waals surface area contributed by atoms with Gasteiger partial charge < -0.3 is 10.4 Å². The number of aliphatic hydroxyl groups excluding tert-OH is 1. The van der Waals surface area contributed by atoms with Crippen molar-refractivity contribution >= 4 is 11.6 Å². The molecule has 1 aromatic carbocycles. The average Bonchev–Trinajstić information content (AvgIpc) is 2.79. The highest BCUT2D eigenvalue weighted by Crippen LogP contribution is 2.19. The van der Waals surface area contributed by atoms with Crippen molar-refractivity contribution in [1.82, 2.24) is 4.90 Å². The summed E-state index contributed by atoms with van der Waals surface area (Å²) in [5, 5.41) is 11.9. The van der Waals surface area contributed by atoms with Crippen molar-refractivity contribution in [3.63, 3.8) is 0 Å². The first-order valence-corrected chi connectivity index (χ1v) is 6.37. The second-order valence-electron chi connectivity index (χ2n) is 4.95. The number of rotatable bonds is 4. The maximum Gasteiger partial charge on any atom is 0.221 e. The summed E-state index contributed by atoms with van der Waals surface area (Å²) in [4.78, 5) is 13.3. The van der Waals surface area contributed by atoms with Gasteiger partial charge in [0.25, 0.3) is 0 Å². The number of aliphatic hydroxyl groups is 1. The van der Waals surface area contributed by atoms with Crippen molar-refractivity contribution in [3.8, 4) is 0 Å². The van der Waals surface area contributed by atoms with Crippen LogP contribution < -0.4 is 5.32 Å². The number of nitrogens with zero attached hydrogens (tertiary/aromatic N) is 1. The topological polar surface area (TPSA) is 52.6 Å². The van der Waals surface area contributed by atoms with Gasteiger partial charge in [0.05, 0.1) is 0 Å². The normalized spacial score (nSPS) is 20.0. The molecule has 4 nitrogen and oxygen atoms in total. The standard InChI is InChI=1S/C14H20N2O2/c1-11(18)15-14-4-2-12(3-5-14)8-16-7-6-13(9-16)10-17/h2-5,13,17H,6-10H2,1H3,(H,15,18). The van der Waals surface area contributed by atoms with Crippen LogP contribution in [-0.2, 0) is 11.3 Å². The quantitative estimate of drug-likeness (QED) is 0.848. The average molecular weight is 248 g/mol. The van der Waals surface area contributed by atoms with Crippen LogP contribution >= 0.6 is 0 Å². The molecule has 4 heteroatoms. The number of amides is 1. The molecule has 2 rings (SSSR count). The van der Waals surface area contributed by atoms with Crippen molar-refractivity contribution in [3.05, 3.63) is 29.8 Å². The van der Waals surface area contributed by atoms with E-state index in [1.54, 1.807) is 0 Å². The van der Waals surface area contributed by atoms with Crippen molar-refractivity contribution < 1.29 is 9.90 Å². The number of carbonyl (C=O) groups excluding carboxylic acids is 1. The minimum absolute atomic E-state index is 0.0481. The fourth-order valence-corrected chi connectivity index (χ4v) is 2.36. The summed E-state index contributed by atoms with van der Waals surface area (Å²) in [5.74, 6) is 0.386. The molecule has 1 unspecified atom stereocenters. The van der Waals surface area contributed by atoms with Crippen LogP contribution in [0.3, 0.4) is 0 Å². The molecule has 0 saturated carbocycles. The van der Waals surface area contributed by atoms with E-state index in [1.165, 1.54) is 12.5 Å². The fourth-order valence-electron chi connectivity index (χ4n) is 2.36. The zero-order valence-electron chi connectivity index (χ0n) is 10.7. The van der Waals surface area contributed by atoms with E-state index >= 15 is 0 Å². The van der Waals surface area contributed by atoms with E-state index in [0.717, 1.165) is 31.7 Å². The second kappa shape index (κ2) is 5.98. The van der Waals surface area contributed by atoms with Gasteiger partial charge in [-0.2, -0.15) is 0 Å². The van der Waals surface area contributed by atoms with Crippen LogP contribution in [0.5, 0.6) is 0 Å². The van der Waals surface area contributed by atoms with Crippen LogP contribution in [0, 0.1) is 5.92 Å². The maximum absolute atomic E-state index is 10.9. The highest BCUT2D eigenvalue weighted by molar-refractivity contribution is 5.88. The lowest BCUT2D eigenvalue weighted by atomic mass is 10.1. The van der Waals surface area contributed by atoms with Crippen LogP contribution in [0.2, 0.25) is 0 Å². The van der Waals surface area contributed by atoms with E-state index in [9.17, 15) is 4.79 Å². The number of nitrogens with one attached hydrogen (secondary N) is 1. The van der Waals surface area contributed by atoms with E-state index < -0.39 is 0 Å². The summed E-state index contributed by atoms with van der Waals surface area (Å²) in [7, 11) is 0. The van der Waals surface area contributed by atoms with Crippen molar-refractivity contribution in [2.45, 2.75) is 19.9 Å². The predicted octanol–water partition coefficient (Wildman–Crippen LogP) is 1.46. The summed E-state index contributed by atoms with van der Waals surface area (Å²) in [6.45, 7) is 4.74. The summed E-state index contributed by atoms with van der Waals surface area (Å²) in [6.07, 6.45) is 1.08. The van der Waals surface area contributed by atoms with Crippen LogP contribution in [0.1, 0.15) is 18.9 Å². The summed E-state index contributed by atoms with van der Waals surface area (Å²) in [6, 6.07) is 7.93. The third-order valence-electron chi connectivity index (χ3n) is 3.31. The van der Waals surface area contributed by atoms with Gasteiger partial charge in [-0.1, -0.05) is 12.1 Å². The highest BCUT2D eigenvalue weighted by Gasteiger charge is 2.21. The largest absolute Gasteiger partial charge is 0.396 e. The third kappa shape index (κ3) is 3.55. The van der Waals surface area contributed by atoms with Crippen molar-refractivity contribution in [1.29, 1.82) is 0 Å². The highest BCUT2D eigenvalue weighted by atomic mass is 16.3. The molecule has 1 aliphatic heterocycles. The number of carbonyl (C=O) groups is 1. The SMILES string of the molecule is CC(=O)Nc1ccc(CN2CCC(CO)C2)cc1. The molecule has 98 valence electrons. The Labute approximate surface area is 108 Å². The van der Waals surface area contributed by atoms with Gasteiger partial charge in [0, 0.05) is 32.3 Å². The Morgan fingerprint density at radius 3 is 2.72 bits per heavy atom. The van der Waals surface area contributed by atoms with E-state index in [4.69, 9.17) is 5.11 Å². The Kier molecular flexibility index (Phi) is 4.33. The van der Waals surface area contributed by atoms with Gasteiger partial charge in [-0.3, -0.25) is 9.69 Å². The molecule has 0 bridgehead atoms. The summed E-state index contributed by atoms with van der Waals surface area (Å²) < 4.78 is 0. The first kappa shape index (κ1) is 13.1. The molecule has 0 aromatic heterocycles. The minimum Gasteiger partial charge on any atom is -0.396 e. The third-order valence-corrected chi connectivity index (χ3v) is 3.31. The fraction of sp³-hybridized carbons (Fsp3) is 0.500. The lowest BCUT2D eigenvalue weighted by Gasteiger charge is -2.15. The van der Waals surface area contributed by atoms with Gasteiger partial charge in [0.15, 0.2) is 0 Å². The summed E-state index contributed by atoms with van der Waals surface area (Å²) in [5.41, 5.74) is 2.07. The zero-order valence-corrected chi connectivity index (χ0v) is 10.7. The molecular weight excluding hydrogens is 228 g/mol. The lowest BCUT2D eigenvalue weighted by molar-refractivity contribution is -0.114. The van der Waals surface area contributed by atoms with Gasteiger partial charge in [0.1, 0.15) is 0 Å². The molecule has 1 atom stereocenters. The van der Waals surface area contributed by atoms with Gasteiger partial charge in [-0.15, -0.1) is 0 Å². The van der Waals surface area contributed by atoms with Gasteiger partial charge in [0.2, 0.25) is 5.91 Å². The Balaban J connectivity index is 1.88. The molecule has 0 aliphatic carbocycles. The number of hydrogen-bond donors (Lipinski definition) is 2. The molecular formula is C14H20N2O2. The Morgan fingerprint density at radius 1 is 1.44 bits per heavy atom. The number of benzene rings is 1. The molecule has 1 saturated heterocycles. The first-order valence-electron chi connectivity index (χ1n) is 6.37. The van der Waals surface area contributed by atoms with Crippen molar-refractivity contribution in [2.24, 2.45) is 5.92 Å². The maximum atomic E-state index is 10.9. The smallest absolute Gasteiger partial charge is 0.221 e. The van der Waals surface area contributed by atoms with Crippen LogP contribution in [0.15, 0.2) is 24.3 Å². The molecule has 1 aliphatic rings. The van der Waals surface area contributed by atoms with E-state index in [-0.39, 0.29) is 12.5 Å². The van der Waals surface area contributed by atoms with Crippen LogP contribution in [-0.4, -0.2) is 35.6 Å². The number of hydrogen-bond acceptors (Lipinski definition) is 3. The van der Waals surface area contributed by atoms with Crippen LogP contribution in [0.25, 0.3) is 0 Å². The van der Waals surface area contributed by atoms with Gasteiger partial charge in [-0.05, 0) is 36.6 Å². The van der Waals surface area contributed by atoms with E-state index in [2.05, 4.69) is 10.2 Å². The molecule has 0 spiro atoms. The van der Waals surface area contributed by atoms with Gasteiger partial charge >= 0.3 is 0 Å².